The fourth-order valence-electron chi connectivity index (χ4n) is 2.39. The minimum Gasteiger partial charge on any atom is -0.352 e. The van der Waals surface area contributed by atoms with E-state index >= 15 is 0 Å². The molecule has 1 atom stereocenters. The smallest absolute Gasteiger partial charge is 0.239 e. The molecule has 0 unspecified atom stereocenters. The average Bonchev–Trinajstić information content (AvgIpc) is 2.65. The number of nitrogens with two attached hydrogens (primary N) is 2. The molecule has 28 heavy (non-hydrogen) atoms. The van der Waals surface area contributed by atoms with Gasteiger partial charge in [-0.1, -0.05) is 0 Å². The summed E-state index contributed by atoms with van der Waals surface area (Å²) in [5.74, 6) is -0.907. The monoisotopic (exact) mass is 401 g/mol. The van der Waals surface area contributed by atoms with Crippen LogP contribution in [0.4, 0.5) is 0 Å². The van der Waals surface area contributed by atoms with Crippen LogP contribution in [0.1, 0.15) is 39.5 Å². The number of rotatable bonds is 17. The highest BCUT2D eigenvalue weighted by atomic mass is 16.2. The lowest BCUT2D eigenvalue weighted by Crippen LogP contribution is -2.49. The molecule has 0 heterocycles. The summed E-state index contributed by atoms with van der Waals surface area (Å²) in [6.45, 7) is 6.89. The van der Waals surface area contributed by atoms with Gasteiger partial charge in [-0.2, -0.15) is 0 Å². The molecule has 0 radical (unpaired) electrons. The van der Waals surface area contributed by atoms with Crippen LogP contribution in [0.3, 0.4) is 0 Å². The summed E-state index contributed by atoms with van der Waals surface area (Å²) in [5.41, 5.74) is 10.9. The standard InChI is InChI=1S/C18H39N7O3/c1-14(2)25-17(27)13-23-16(26)12-24-18(28)15(22-11-5-8-20)6-3-9-21-10-4-7-19/h14-15,21-22H,3-13,19-20H2,1-2H3,(H,23,26)(H,24,28)(H,25,27)/t15-/m0/s1. The minimum atomic E-state index is -0.406. The Morgan fingerprint density at radius 3 is 2.07 bits per heavy atom. The Bertz CT molecular complexity index is 447. The van der Waals surface area contributed by atoms with E-state index in [0.717, 1.165) is 32.4 Å². The Hall–Kier alpha value is -1.75. The molecule has 10 heteroatoms. The van der Waals surface area contributed by atoms with Crippen molar-refractivity contribution in [2.45, 2.75) is 51.6 Å². The van der Waals surface area contributed by atoms with E-state index < -0.39 is 5.91 Å². The van der Waals surface area contributed by atoms with Crippen LogP contribution >= 0.6 is 0 Å². The fourth-order valence-corrected chi connectivity index (χ4v) is 2.39. The van der Waals surface area contributed by atoms with Gasteiger partial charge in [0.25, 0.3) is 0 Å². The summed E-state index contributed by atoms with van der Waals surface area (Å²) in [5, 5.41) is 14.2. The zero-order chi connectivity index (χ0) is 21.2. The molecule has 0 spiro atoms. The first-order valence-electron chi connectivity index (χ1n) is 10.1. The zero-order valence-corrected chi connectivity index (χ0v) is 17.3. The van der Waals surface area contributed by atoms with Crippen molar-refractivity contribution >= 4 is 17.7 Å². The number of carbonyl (C=O) groups is 3. The zero-order valence-electron chi connectivity index (χ0n) is 17.3. The predicted octanol–water partition coefficient (Wildman–Crippen LogP) is -2.23. The van der Waals surface area contributed by atoms with E-state index in [1.54, 1.807) is 0 Å². The Labute approximate surface area is 168 Å². The van der Waals surface area contributed by atoms with Crippen LogP contribution < -0.4 is 38.1 Å². The second kappa shape index (κ2) is 17.4. The highest BCUT2D eigenvalue weighted by Gasteiger charge is 2.18. The van der Waals surface area contributed by atoms with Crippen LogP contribution in [0, 0.1) is 0 Å². The summed E-state index contributed by atoms with van der Waals surface area (Å²) in [6.07, 6.45) is 3.15. The van der Waals surface area contributed by atoms with Gasteiger partial charge in [0.2, 0.25) is 17.7 Å². The molecule has 3 amide bonds. The molecular weight excluding hydrogens is 362 g/mol. The SMILES string of the molecule is CC(C)NC(=O)CNC(=O)CNC(=O)[C@H](CCCNCCCN)NCCCN. The van der Waals surface area contributed by atoms with Crippen molar-refractivity contribution in [3.63, 3.8) is 0 Å². The van der Waals surface area contributed by atoms with Gasteiger partial charge < -0.3 is 38.1 Å². The van der Waals surface area contributed by atoms with Gasteiger partial charge in [-0.15, -0.1) is 0 Å². The molecule has 0 aromatic carbocycles. The maximum atomic E-state index is 12.4. The van der Waals surface area contributed by atoms with Crippen LogP contribution in [0.15, 0.2) is 0 Å². The first-order chi connectivity index (χ1) is 13.4. The molecule has 0 aliphatic carbocycles. The molecule has 0 aromatic rings. The van der Waals surface area contributed by atoms with Gasteiger partial charge in [0, 0.05) is 6.04 Å². The molecule has 9 N–H and O–H groups in total. The maximum absolute atomic E-state index is 12.4. The van der Waals surface area contributed by atoms with Crippen LogP contribution in [0.5, 0.6) is 0 Å². The summed E-state index contributed by atoms with van der Waals surface area (Å²) >= 11 is 0. The Balaban J connectivity index is 4.22. The predicted molar refractivity (Wildman–Crippen MR) is 111 cm³/mol. The fraction of sp³-hybridized carbons (Fsp3) is 0.833. The van der Waals surface area contributed by atoms with Crippen molar-refractivity contribution in [2.75, 3.05) is 45.8 Å². The van der Waals surface area contributed by atoms with Gasteiger partial charge >= 0.3 is 0 Å². The Morgan fingerprint density at radius 1 is 0.821 bits per heavy atom. The summed E-state index contributed by atoms with van der Waals surface area (Å²) in [4.78, 5) is 35.7. The summed E-state index contributed by atoms with van der Waals surface area (Å²) < 4.78 is 0. The number of amides is 3. The van der Waals surface area contributed by atoms with Gasteiger partial charge in [-0.3, -0.25) is 14.4 Å². The number of carbonyl (C=O) groups excluding carboxylic acids is 3. The Morgan fingerprint density at radius 2 is 1.43 bits per heavy atom. The molecule has 0 aliphatic heterocycles. The first kappa shape index (κ1) is 26.2. The number of nitrogens with one attached hydrogen (secondary N) is 5. The van der Waals surface area contributed by atoms with Gasteiger partial charge in [-0.25, -0.2) is 0 Å². The lowest BCUT2D eigenvalue weighted by atomic mass is 10.1. The lowest BCUT2D eigenvalue weighted by Gasteiger charge is -2.18. The van der Waals surface area contributed by atoms with E-state index in [0.29, 0.717) is 26.1 Å². The third-order valence-electron chi connectivity index (χ3n) is 3.81. The van der Waals surface area contributed by atoms with Gasteiger partial charge in [-0.05, 0) is 72.3 Å². The van der Waals surface area contributed by atoms with Crippen molar-refractivity contribution in [3.8, 4) is 0 Å². The molecule has 0 saturated heterocycles. The van der Waals surface area contributed by atoms with Gasteiger partial charge in [0.1, 0.15) is 0 Å². The highest BCUT2D eigenvalue weighted by Crippen LogP contribution is 1.98. The van der Waals surface area contributed by atoms with E-state index in [1.165, 1.54) is 0 Å². The van der Waals surface area contributed by atoms with Gasteiger partial charge in [0.15, 0.2) is 0 Å². The van der Waals surface area contributed by atoms with Crippen molar-refractivity contribution in [3.05, 3.63) is 0 Å². The second-order valence-electron chi connectivity index (χ2n) is 6.90. The first-order valence-corrected chi connectivity index (χ1v) is 10.1. The quantitative estimate of drug-likeness (QED) is 0.136. The van der Waals surface area contributed by atoms with E-state index in [-0.39, 0.29) is 37.0 Å². The molecule has 0 rings (SSSR count). The Kier molecular flexibility index (Phi) is 16.3. The summed E-state index contributed by atoms with van der Waals surface area (Å²) in [6, 6.07) is -0.380. The van der Waals surface area contributed by atoms with E-state index in [2.05, 4.69) is 26.6 Å². The molecule has 164 valence electrons. The van der Waals surface area contributed by atoms with Crippen LogP contribution in [0.2, 0.25) is 0 Å². The molecule has 10 nitrogen and oxygen atoms in total. The number of hydrogen-bond donors (Lipinski definition) is 7. The van der Waals surface area contributed by atoms with Crippen molar-refractivity contribution in [1.29, 1.82) is 0 Å². The normalized spacial score (nSPS) is 11.9. The largest absolute Gasteiger partial charge is 0.352 e. The minimum absolute atomic E-state index is 0.00857. The third kappa shape index (κ3) is 15.3. The molecule has 0 fully saturated rings. The lowest BCUT2D eigenvalue weighted by molar-refractivity contribution is -0.128. The molecule has 0 bridgehead atoms. The average molecular weight is 402 g/mol. The van der Waals surface area contributed by atoms with Crippen molar-refractivity contribution < 1.29 is 14.4 Å². The van der Waals surface area contributed by atoms with Crippen molar-refractivity contribution in [1.82, 2.24) is 26.6 Å². The highest BCUT2D eigenvalue weighted by molar-refractivity contribution is 5.89. The van der Waals surface area contributed by atoms with Gasteiger partial charge in [0.05, 0.1) is 19.1 Å². The molecule has 0 aliphatic rings. The van der Waals surface area contributed by atoms with E-state index in [9.17, 15) is 14.4 Å². The van der Waals surface area contributed by atoms with E-state index in [4.69, 9.17) is 11.5 Å². The third-order valence-corrected chi connectivity index (χ3v) is 3.81. The molecule has 0 aromatic heterocycles. The van der Waals surface area contributed by atoms with Crippen LogP contribution in [-0.4, -0.2) is 75.6 Å². The number of hydrogen-bond acceptors (Lipinski definition) is 7. The van der Waals surface area contributed by atoms with Crippen LogP contribution in [-0.2, 0) is 14.4 Å². The maximum Gasteiger partial charge on any atom is 0.239 e. The topological polar surface area (TPSA) is 163 Å². The summed E-state index contributed by atoms with van der Waals surface area (Å²) in [7, 11) is 0. The van der Waals surface area contributed by atoms with E-state index in [1.807, 2.05) is 13.8 Å². The second-order valence-corrected chi connectivity index (χ2v) is 6.90. The molecular formula is C18H39N7O3. The van der Waals surface area contributed by atoms with Crippen molar-refractivity contribution in [2.24, 2.45) is 11.5 Å². The van der Waals surface area contributed by atoms with Crippen LogP contribution in [0.25, 0.3) is 0 Å². The molecule has 0 saturated carbocycles.